The molecule has 0 saturated carbocycles. The Hall–Kier alpha value is -1.10. The molecule has 1 amide bonds. The molecule has 1 aromatic carbocycles. The molecule has 1 heterocycles. The van der Waals surface area contributed by atoms with Gasteiger partial charge >= 0.3 is 0 Å². The molecule has 21 heavy (non-hydrogen) atoms. The number of carbonyl (C=O) groups is 1. The molecule has 0 aromatic heterocycles. The zero-order valence-electron chi connectivity index (χ0n) is 12.4. The van der Waals surface area contributed by atoms with Crippen molar-refractivity contribution in [3.8, 4) is 0 Å². The Kier molecular flexibility index (Phi) is 6.49. The lowest BCUT2D eigenvalue weighted by molar-refractivity contribution is -0.128. The first kappa shape index (κ1) is 16.3. The molecule has 0 radical (unpaired) electrons. The van der Waals surface area contributed by atoms with Gasteiger partial charge in [0.05, 0.1) is 6.10 Å². The Morgan fingerprint density at radius 3 is 2.86 bits per heavy atom. The van der Waals surface area contributed by atoms with Crippen LogP contribution in [0, 0.1) is 0 Å². The first-order valence-corrected chi connectivity index (χ1v) is 7.88. The fraction of sp³-hybridized carbons (Fsp3) is 0.562. The minimum Gasteiger partial charge on any atom is -0.368 e. The number of amides is 1. The number of ether oxygens (including phenoxy) is 1. The summed E-state index contributed by atoms with van der Waals surface area (Å²) in [6, 6.07) is 7.74. The lowest BCUT2D eigenvalue weighted by atomic mass is 10.1. The van der Waals surface area contributed by atoms with E-state index in [2.05, 4.69) is 10.6 Å². The van der Waals surface area contributed by atoms with Gasteiger partial charge in [0.25, 0.3) is 0 Å². The van der Waals surface area contributed by atoms with Gasteiger partial charge in [0.1, 0.15) is 6.61 Å². The third-order valence-corrected chi connectivity index (χ3v) is 4.00. The van der Waals surface area contributed by atoms with E-state index in [4.69, 9.17) is 16.3 Å². The van der Waals surface area contributed by atoms with Gasteiger partial charge in [-0.1, -0.05) is 29.8 Å². The van der Waals surface area contributed by atoms with Crippen LogP contribution in [0.25, 0.3) is 0 Å². The highest BCUT2D eigenvalue weighted by molar-refractivity contribution is 6.31. The van der Waals surface area contributed by atoms with E-state index in [1.54, 1.807) is 0 Å². The molecule has 2 rings (SSSR count). The second kappa shape index (κ2) is 8.37. The van der Waals surface area contributed by atoms with Crippen LogP contribution in [0.4, 0.5) is 0 Å². The topological polar surface area (TPSA) is 50.4 Å². The van der Waals surface area contributed by atoms with Crippen LogP contribution in [-0.4, -0.2) is 37.7 Å². The van der Waals surface area contributed by atoms with Gasteiger partial charge in [-0.2, -0.15) is 0 Å². The minimum absolute atomic E-state index is 0.0361. The molecule has 1 saturated heterocycles. The first-order chi connectivity index (χ1) is 10.1. The van der Waals surface area contributed by atoms with Crippen molar-refractivity contribution in [3.63, 3.8) is 0 Å². The summed E-state index contributed by atoms with van der Waals surface area (Å²) in [5, 5.41) is 6.97. The van der Waals surface area contributed by atoms with Crippen molar-refractivity contribution in [2.24, 2.45) is 0 Å². The zero-order valence-corrected chi connectivity index (χ0v) is 13.2. The minimum atomic E-state index is -0.0620. The molecule has 116 valence electrons. The van der Waals surface area contributed by atoms with Gasteiger partial charge in [0, 0.05) is 11.1 Å². The zero-order chi connectivity index (χ0) is 15.1. The third-order valence-electron chi connectivity index (χ3n) is 3.63. The van der Waals surface area contributed by atoms with E-state index in [-0.39, 0.29) is 24.7 Å². The molecule has 0 bridgehead atoms. The Balaban J connectivity index is 1.70. The smallest absolute Gasteiger partial charge is 0.246 e. The number of piperidine rings is 1. The summed E-state index contributed by atoms with van der Waals surface area (Å²) in [4.78, 5) is 11.9. The molecule has 1 aliphatic heterocycles. The molecule has 0 aliphatic carbocycles. The Labute approximate surface area is 131 Å². The number of benzene rings is 1. The van der Waals surface area contributed by atoms with Gasteiger partial charge in [0.2, 0.25) is 5.91 Å². The van der Waals surface area contributed by atoms with E-state index in [0.717, 1.165) is 42.9 Å². The third kappa shape index (κ3) is 5.65. The largest absolute Gasteiger partial charge is 0.368 e. The molecule has 1 atom stereocenters. The van der Waals surface area contributed by atoms with E-state index in [1.165, 1.54) is 0 Å². The molecular weight excluding hydrogens is 288 g/mol. The van der Waals surface area contributed by atoms with Gasteiger partial charge in [-0.15, -0.1) is 0 Å². The predicted octanol–water partition coefficient (Wildman–Crippen LogP) is 2.16. The molecule has 1 aromatic rings. The maximum Gasteiger partial charge on any atom is 0.246 e. The summed E-state index contributed by atoms with van der Waals surface area (Å²) in [5.41, 5.74) is 1.05. The quantitative estimate of drug-likeness (QED) is 0.846. The molecule has 4 nitrogen and oxygen atoms in total. The van der Waals surface area contributed by atoms with Crippen molar-refractivity contribution in [1.82, 2.24) is 10.6 Å². The van der Waals surface area contributed by atoms with Crippen LogP contribution in [0.3, 0.4) is 0 Å². The standard InChI is InChI=1S/C16H23ClN2O2/c1-12(10-13-4-2-3-5-15(13)17)19-16(20)11-21-14-6-8-18-9-7-14/h2-5,12,14,18H,6-11H2,1H3,(H,19,20). The summed E-state index contributed by atoms with van der Waals surface area (Å²) in [7, 11) is 0. The summed E-state index contributed by atoms with van der Waals surface area (Å²) >= 11 is 6.12. The summed E-state index contributed by atoms with van der Waals surface area (Å²) in [6.07, 6.45) is 2.87. The number of halogens is 1. The summed E-state index contributed by atoms with van der Waals surface area (Å²) < 4.78 is 5.64. The number of carbonyl (C=O) groups excluding carboxylic acids is 1. The predicted molar refractivity (Wildman–Crippen MR) is 84.6 cm³/mol. The highest BCUT2D eigenvalue weighted by atomic mass is 35.5. The normalized spacial score (nSPS) is 17.4. The van der Waals surface area contributed by atoms with Gasteiger partial charge in [-0.25, -0.2) is 0 Å². The van der Waals surface area contributed by atoms with Crippen molar-refractivity contribution >= 4 is 17.5 Å². The van der Waals surface area contributed by atoms with E-state index in [0.29, 0.717) is 0 Å². The first-order valence-electron chi connectivity index (χ1n) is 7.50. The Morgan fingerprint density at radius 2 is 2.14 bits per heavy atom. The van der Waals surface area contributed by atoms with E-state index >= 15 is 0 Å². The fourth-order valence-electron chi connectivity index (χ4n) is 2.52. The van der Waals surface area contributed by atoms with E-state index < -0.39 is 0 Å². The average Bonchev–Trinajstić information content (AvgIpc) is 2.48. The van der Waals surface area contributed by atoms with Gasteiger partial charge in [-0.3, -0.25) is 4.79 Å². The fourth-order valence-corrected chi connectivity index (χ4v) is 2.73. The van der Waals surface area contributed by atoms with Crippen molar-refractivity contribution in [3.05, 3.63) is 34.9 Å². The monoisotopic (exact) mass is 310 g/mol. The van der Waals surface area contributed by atoms with Crippen LogP contribution in [0.2, 0.25) is 5.02 Å². The van der Waals surface area contributed by atoms with E-state index in [1.807, 2.05) is 31.2 Å². The van der Waals surface area contributed by atoms with Gasteiger partial charge in [0.15, 0.2) is 0 Å². The van der Waals surface area contributed by atoms with Crippen molar-refractivity contribution in [1.29, 1.82) is 0 Å². The lowest BCUT2D eigenvalue weighted by Crippen LogP contribution is -2.39. The molecule has 5 heteroatoms. The maximum atomic E-state index is 11.9. The van der Waals surface area contributed by atoms with Crippen LogP contribution in [0.1, 0.15) is 25.3 Å². The van der Waals surface area contributed by atoms with Crippen LogP contribution in [0.5, 0.6) is 0 Å². The molecule has 1 aliphatic rings. The number of hydrogen-bond acceptors (Lipinski definition) is 3. The highest BCUT2D eigenvalue weighted by Crippen LogP contribution is 2.16. The Bertz CT molecular complexity index is 461. The van der Waals surface area contributed by atoms with Crippen molar-refractivity contribution < 1.29 is 9.53 Å². The van der Waals surface area contributed by atoms with Crippen molar-refractivity contribution in [2.75, 3.05) is 19.7 Å². The average molecular weight is 311 g/mol. The highest BCUT2D eigenvalue weighted by Gasteiger charge is 2.16. The SMILES string of the molecule is CC(Cc1ccccc1Cl)NC(=O)COC1CCNCC1. The second-order valence-corrected chi connectivity index (χ2v) is 5.93. The van der Waals surface area contributed by atoms with Gasteiger partial charge < -0.3 is 15.4 Å². The summed E-state index contributed by atoms with van der Waals surface area (Å²) in [5.74, 6) is -0.0620. The lowest BCUT2D eigenvalue weighted by Gasteiger charge is -2.23. The Morgan fingerprint density at radius 1 is 1.43 bits per heavy atom. The number of rotatable bonds is 6. The molecule has 1 unspecified atom stereocenters. The summed E-state index contributed by atoms with van der Waals surface area (Å²) in [6.45, 7) is 4.05. The molecule has 0 spiro atoms. The number of nitrogens with one attached hydrogen (secondary N) is 2. The molecule has 1 fully saturated rings. The molecular formula is C16H23ClN2O2. The van der Waals surface area contributed by atoms with Gasteiger partial charge in [-0.05, 0) is 50.9 Å². The molecule has 2 N–H and O–H groups in total. The van der Waals surface area contributed by atoms with Crippen LogP contribution in [0.15, 0.2) is 24.3 Å². The maximum absolute atomic E-state index is 11.9. The van der Waals surface area contributed by atoms with E-state index in [9.17, 15) is 4.79 Å². The second-order valence-electron chi connectivity index (χ2n) is 5.52. The number of hydrogen-bond donors (Lipinski definition) is 2. The van der Waals surface area contributed by atoms with Crippen LogP contribution < -0.4 is 10.6 Å². The van der Waals surface area contributed by atoms with Crippen molar-refractivity contribution in [2.45, 2.75) is 38.3 Å². The van der Waals surface area contributed by atoms with Crippen LogP contribution >= 0.6 is 11.6 Å². The van der Waals surface area contributed by atoms with Crippen LogP contribution in [-0.2, 0) is 16.0 Å².